The lowest BCUT2D eigenvalue weighted by Crippen LogP contribution is -2.37. The molecule has 0 spiro atoms. The number of hydrogen-bond acceptors (Lipinski definition) is 4. The number of pyridine rings is 1. The van der Waals surface area contributed by atoms with Crippen molar-refractivity contribution in [3.8, 4) is 0 Å². The molecule has 1 aliphatic carbocycles. The van der Waals surface area contributed by atoms with Gasteiger partial charge in [-0.05, 0) is 56.9 Å². The van der Waals surface area contributed by atoms with Crippen molar-refractivity contribution in [1.29, 1.82) is 0 Å². The molecule has 0 fully saturated rings. The maximum absolute atomic E-state index is 14.6. The zero-order chi connectivity index (χ0) is 20.5. The molecule has 0 unspecified atom stereocenters. The first-order chi connectivity index (χ1) is 13.2. The number of fused-ring (bicyclic) bond motifs is 1. The molecule has 0 aliphatic heterocycles. The summed E-state index contributed by atoms with van der Waals surface area (Å²) in [6.45, 7) is 5.22. The fourth-order valence-corrected chi connectivity index (χ4v) is 3.58. The summed E-state index contributed by atoms with van der Waals surface area (Å²) in [4.78, 5) is 16.7. The van der Waals surface area contributed by atoms with Crippen molar-refractivity contribution in [2.24, 2.45) is 0 Å². The van der Waals surface area contributed by atoms with Crippen molar-refractivity contribution in [2.45, 2.75) is 57.3 Å². The molecule has 2 N–H and O–H groups in total. The molecule has 28 heavy (non-hydrogen) atoms. The molecule has 150 valence electrons. The van der Waals surface area contributed by atoms with Crippen LogP contribution in [0.1, 0.15) is 68.5 Å². The van der Waals surface area contributed by atoms with Crippen molar-refractivity contribution in [2.75, 3.05) is 0 Å². The number of hydrogen-bond donors (Lipinski definition) is 2. The highest BCUT2D eigenvalue weighted by atomic mass is 19.2. The van der Waals surface area contributed by atoms with E-state index in [1.165, 1.54) is 12.1 Å². The molecule has 2 aromatic rings. The highest BCUT2D eigenvalue weighted by molar-refractivity contribution is 5.69. The van der Waals surface area contributed by atoms with E-state index in [4.69, 9.17) is 4.74 Å². The van der Waals surface area contributed by atoms with E-state index < -0.39 is 41.4 Å². The van der Waals surface area contributed by atoms with Crippen LogP contribution in [0.25, 0.3) is 0 Å². The summed E-state index contributed by atoms with van der Waals surface area (Å²) < 4.78 is 33.8. The van der Waals surface area contributed by atoms with E-state index in [2.05, 4.69) is 10.3 Å². The zero-order valence-corrected chi connectivity index (χ0v) is 16.1. The number of aliphatic hydroxyl groups is 1. The van der Waals surface area contributed by atoms with Gasteiger partial charge in [-0.25, -0.2) is 13.6 Å². The molecule has 0 bridgehead atoms. The van der Waals surface area contributed by atoms with Crippen molar-refractivity contribution < 1.29 is 23.4 Å². The number of ether oxygens (including phenoxy) is 1. The van der Waals surface area contributed by atoms with Gasteiger partial charge < -0.3 is 15.2 Å². The number of nitrogens with zero attached hydrogens (tertiary/aromatic N) is 1. The number of alkyl carbamates (subject to hydrolysis) is 1. The van der Waals surface area contributed by atoms with Crippen LogP contribution in [-0.4, -0.2) is 21.8 Å². The Bertz CT molecular complexity index is 867. The van der Waals surface area contributed by atoms with E-state index in [1.807, 2.05) is 0 Å². The molecule has 3 rings (SSSR count). The molecule has 1 aromatic carbocycles. The van der Waals surface area contributed by atoms with Crippen molar-refractivity contribution >= 4 is 6.09 Å². The second-order valence-corrected chi connectivity index (χ2v) is 7.94. The fourth-order valence-electron chi connectivity index (χ4n) is 3.58. The lowest BCUT2D eigenvalue weighted by molar-refractivity contribution is 0.0494. The Kier molecular flexibility index (Phi) is 5.65. The summed E-state index contributed by atoms with van der Waals surface area (Å²) in [5.74, 6) is -2.50. The predicted octanol–water partition coefficient (Wildman–Crippen LogP) is 4.54. The van der Waals surface area contributed by atoms with E-state index in [1.54, 1.807) is 39.1 Å². The summed E-state index contributed by atoms with van der Waals surface area (Å²) in [7, 11) is 0. The number of carbonyl (C=O) groups excluding carboxylic acids is 1. The minimum absolute atomic E-state index is 0.143. The van der Waals surface area contributed by atoms with Gasteiger partial charge in [-0.2, -0.15) is 0 Å². The van der Waals surface area contributed by atoms with E-state index in [9.17, 15) is 18.7 Å². The van der Waals surface area contributed by atoms with Crippen LogP contribution in [0.3, 0.4) is 0 Å². The Morgan fingerprint density at radius 2 is 1.89 bits per heavy atom. The Labute approximate surface area is 162 Å². The van der Waals surface area contributed by atoms with Crippen LogP contribution in [0.2, 0.25) is 0 Å². The quantitative estimate of drug-likeness (QED) is 0.739. The molecule has 0 saturated carbocycles. The van der Waals surface area contributed by atoms with Gasteiger partial charge in [0, 0.05) is 12.1 Å². The smallest absolute Gasteiger partial charge is 0.408 e. The summed E-state index contributed by atoms with van der Waals surface area (Å²) in [6.07, 6.45) is 0.650. The lowest BCUT2D eigenvalue weighted by atomic mass is 9.85. The number of rotatable bonds is 2. The van der Waals surface area contributed by atoms with Crippen molar-refractivity contribution in [3.63, 3.8) is 0 Å². The van der Waals surface area contributed by atoms with Crippen LogP contribution >= 0.6 is 0 Å². The van der Waals surface area contributed by atoms with Gasteiger partial charge in [-0.15, -0.1) is 0 Å². The molecular weight excluding hydrogens is 366 g/mol. The molecule has 3 atom stereocenters. The largest absolute Gasteiger partial charge is 0.444 e. The van der Waals surface area contributed by atoms with Crippen molar-refractivity contribution in [1.82, 2.24) is 10.3 Å². The Hall–Kier alpha value is -2.54. The van der Waals surface area contributed by atoms with Gasteiger partial charge in [-0.3, -0.25) is 4.98 Å². The van der Waals surface area contributed by atoms with E-state index >= 15 is 0 Å². The third kappa shape index (κ3) is 4.30. The average molecular weight is 390 g/mol. The summed E-state index contributed by atoms with van der Waals surface area (Å²) >= 11 is 0. The first-order valence-corrected chi connectivity index (χ1v) is 9.23. The van der Waals surface area contributed by atoms with Gasteiger partial charge in [0.2, 0.25) is 0 Å². The number of nitrogens with one attached hydrogen (secondary N) is 1. The second kappa shape index (κ2) is 7.83. The SMILES string of the molecule is CC(C)(C)OC(=O)N[C@@H]1c2cccnc2[C@H](O)CC[C@H]1c1cccc(F)c1F. The standard InChI is InChI=1S/C21H24F2N2O3/c1-21(2,3)28-20(27)25-18-13(12-6-4-8-15(22)17(12)23)9-10-16(26)19-14(18)7-5-11-24-19/h4-8,11,13,16,18,26H,9-10H2,1-3H3,(H,25,27)/t13-,16+,18-/m0/s1. The van der Waals surface area contributed by atoms with Gasteiger partial charge in [0.1, 0.15) is 5.60 Å². The second-order valence-electron chi connectivity index (χ2n) is 7.94. The highest BCUT2D eigenvalue weighted by Crippen LogP contribution is 2.43. The topological polar surface area (TPSA) is 71.5 Å². The third-order valence-corrected chi connectivity index (χ3v) is 4.73. The molecule has 0 radical (unpaired) electrons. The number of halogens is 2. The van der Waals surface area contributed by atoms with Crippen molar-refractivity contribution in [3.05, 3.63) is 65.0 Å². The van der Waals surface area contributed by atoms with Crippen LogP contribution in [0.5, 0.6) is 0 Å². The van der Waals surface area contributed by atoms with E-state index in [0.717, 1.165) is 6.07 Å². The highest BCUT2D eigenvalue weighted by Gasteiger charge is 2.36. The maximum atomic E-state index is 14.6. The number of benzene rings is 1. The maximum Gasteiger partial charge on any atom is 0.408 e. The molecule has 0 saturated heterocycles. The number of aliphatic hydroxyl groups excluding tert-OH is 1. The molecule has 1 amide bonds. The number of aromatic nitrogens is 1. The normalized spacial score (nSPS) is 22.1. The van der Waals surface area contributed by atoms with Crippen LogP contribution in [0.4, 0.5) is 13.6 Å². The minimum Gasteiger partial charge on any atom is -0.444 e. The fraction of sp³-hybridized carbons (Fsp3) is 0.429. The summed E-state index contributed by atoms with van der Waals surface area (Å²) in [5, 5.41) is 13.3. The molecule has 7 heteroatoms. The van der Waals surface area contributed by atoms with Gasteiger partial charge >= 0.3 is 6.09 Å². The van der Waals surface area contributed by atoms with Gasteiger partial charge in [-0.1, -0.05) is 18.2 Å². The Balaban J connectivity index is 2.06. The summed E-state index contributed by atoms with van der Waals surface area (Å²) in [5.41, 5.74) is 0.408. The first kappa shape index (κ1) is 20.2. The summed E-state index contributed by atoms with van der Waals surface area (Å²) in [6, 6.07) is 6.66. The number of amides is 1. The predicted molar refractivity (Wildman–Crippen MR) is 99.6 cm³/mol. The molecule has 1 aromatic heterocycles. The van der Waals surface area contributed by atoms with Crippen LogP contribution in [-0.2, 0) is 4.74 Å². The monoisotopic (exact) mass is 390 g/mol. The van der Waals surface area contributed by atoms with Gasteiger partial charge in [0.05, 0.1) is 17.8 Å². The Morgan fingerprint density at radius 3 is 2.61 bits per heavy atom. The molecule has 1 aliphatic rings. The zero-order valence-electron chi connectivity index (χ0n) is 16.1. The lowest BCUT2D eigenvalue weighted by Gasteiger charge is -2.29. The van der Waals surface area contributed by atoms with Crippen LogP contribution in [0.15, 0.2) is 36.5 Å². The van der Waals surface area contributed by atoms with E-state index in [-0.39, 0.29) is 5.56 Å². The minimum atomic E-state index is -0.954. The van der Waals surface area contributed by atoms with Crippen LogP contribution < -0.4 is 5.32 Å². The average Bonchev–Trinajstić information content (AvgIpc) is 2.74. The van der Waals surface area contributed by atoms with Gasteiger partial charge in [0.15, 0.2) is 11.6 Å². The molecule has 1 heterocycles. The third-order valence-electron chi connectivity index (χ3n) is 4.73. The number of carbonyl (C=O) groups is 1. The van der Waals surface area contributed by atoms with Crippen LogP contribution in [0, 0.1) is 11.6 Å². The molecular formula is C21H24F2N2O3. The Morgan fingerprint density at radius 1 is 1.18 bits per heavy atom. The first-order valence-electron chi connectivity index (χ1n) is 9.23. The van der Waals surface area contributed by atoms with Gasteiger partial charge in [0.25, 0.3) is 0 Å². The molecule has 5 nitrogen and oxygen atoms in total. The van der Waals surface area contributed by atoms with E-state index in [0.29, 0.717) is 24.1 Å².